The van der Waals surface area contributed by atoms with E-state index in [0.29, 0.717) is 18.6 Å². The first-order chi connectivity index (χ1) is 9.42. The number of carbonyl (C=O) groups is 1. The van der Waals surface area contributed by atoms with E-state index in [2.05, 4.69) is 0 Å². The summed E-state index contributed by atoms with van der Waals surface area (Å²) >= 11 is 0. The lowest BCUT2D eigenvalue weighted by molar-refractivity contribution is -0.387. The Bertz CT molecular complexity index is 584. The molecular formula is C12H11F2N3O3. The third-order valence-electron chi connectivity index (χ3n) is 2.51. The van der Waals surface area contributed by atoms with E-state index >= 15 is 0 Å². The Morgan fingerprint density at radius 1 is 1.45 bits per heavy atom. The molecule has 0 bridgehead atoms. The Morgan fingerprint density at radius 2 is 2.10 bits per heavy atom. The van der Waals surface area contributed by atoms with Gasteiger partial charge in [-0.2, -0.15) is 9.65 Å². The van der Waals surface area contributed by atoms with Gasteiger partial charge in [-0.25, -0.2) is 4.39 Å². The smallest absolute Gasteiger partial charge is 0.307 e. The maximum atomic E-state index is 13.7. The Hall–Kier alpha value is -2.56. The van der Waals surface area contributed by atoms with Crippen LogP contribution in [0.2, 0.25) is 0 Å². The van der Waals surface area contributed by atoms with Gasteiger partial charge in [0.25, 0.3) is 5.91 Å². The molecule has 0 saturated heterocycles. The molecule has 1 rings (SSSR count). The van der Waals surface area contributed by atoms with Crippen molar-refractivity contribution in [1.29, 1.82) is 5.26 Å². The zero-order valence-corrected chi connectivity index (χ0v) is 10.6. The number of nitro groups is 1. The van der Waals surface area contributed by atoms with Crippen LogP contribution in [0.15, 0.2) is 12.1 Å². The van der Waals surface area contributed by atoms with E-state index in [1.54, 1.807) is 13.0 Å². The SMILES string of the molecule is CCCN(CC#N)C(=O)c1cc(F)c([N+](=O)[O-])cc1F. The number of benzene rings is 1. The van der Waals surface area contributed by atoms with Crippen molar-refractivity contribution in [3.63, 3.8) is 0 Å². The standard InChI is InChI=1S/C12H11F2N3O3/c1-2-4-16(5-3-15)12(18)8-6-10(14)11(17(19)20)7-9(8)13/h6-7H,2,4-5H2,1H3. The highest BCUT2D eigenvalue weighted by molar-refractivity contribution is 5.95. The molecule has 0 fully saturated rings. The summed E-state index contributed by atoms with van der Waals surface area (Å²) in [5, 5.41) is 19.1. The fourth-order valence-electron chi connectivity index (χ4n) is 1.62. The number of nitriles is 1. The number of halogens is 2. The van der Waals surface area contributed by atoms with E-state index in [0.717, 1.165) is 4.90 Å². The zero-order valence-electron chi connectivity index (χ0n) is 10.6. The summed E-state index contributed by atoms with van der Waals surface area (Å²) in [6.07, 6.45) is 0.532. The predicted octanol–water partition coefficient (Wildman–Crippen LogP) is 2.25. The van der Waals surface area contributed by atoms with Crippen LogP contribution in [0.4, 0.5) is 14.5 Å². The summed E-state index contributed by atoms with van der Waals surface area (Å²) in [5.41, 5.74) is -1.67. The number of amides is 1. The van der Waals surface area contributed by atoms with Crippen molar-refractivity contribution >= 4 is 11.6 Å². The summed E-state index contributed by atoms with van der Waals surface area (Å²) in [6.45, 7) is 1.68. The van der Waals surface area contributed by atoms with Crippen molar-refractivity contribution in [2.45, 2.75) is 13.3 Å². The molecule has 0 saturated carbocycles. The molecule has 0 spiro atoms. The summed E-state index contributed by atoms with van der Waals surface area (Å²) in [6, 6.07) is 2.59. The van der Waals surface area contributed by atoms with E-state index in [1.807, 2.05) is 0 Å². The first-order valence-electron chi connectivity index (χ1n) is 5.72. The monoisotopic (exact) mass is 283 g/mol. The number of hydrogen-bond donors (Lipinski definition) is 0. The predicted molar refractivity (Wildman–Crippen MR) is 64.8 cm³/mol. The van der Waals surface area contributed by atoms with Gasteiger partial charge in [0.15, 0.2) is 0 Å². The molecule has 20 heavy (non-hydrogen) atoms. The highest BCUT2D eigenvalue weighted by Crippen LogP contribution is 2.22. The van der Waals surface area contributed by atoms with E-state index in [1.165, 1.54) is 0 Å². The second-order valence-electron chi connectivity index (χ2n) is 3.93. The van der Waals surface area contributed by atoms with Crippen molar-refractivity contribution < 1.29 is 18.5 Å². The second-order valence-corrected chi connectivity index (χ2v) is 3.93. The van der Waals surface area contributed by atoms with Crippen molar-refractivity contribution in [1.82, 2.24) is 4.90 Å². The molecule has 106 valence electrons. The van der Waals surface area contributed by atoms with E-state index < -0.39 is 33.7 Å². The van der Waals surface area contributed by atoms with Gasteiger partial charge in [-0.1, -0.05) is 6.92 Å². The molecule has 0 aliphatic rings. The van der Waals surface area contributed by atoms with Crippen LogP contribution in [0, 0.1) is 33.1 Å². The van der Waals surface area contributed by atoms with Gasteiger partial charge in [0.05, 0.1) is 22.6 Å². The van der Waals surface area contributed by atoms with Gasteiger partial charge in [-0.15, -0.1) is 0 Å². The molecule has 1 amide bonds. The van der Waals surface area contributed by atoms with Crippen molar-refractivity contribution in [2.75, 3.05) is 13.1 Å². The number of carbonyl (C=O) groups excluding carboxylic acids is 1. The highest BCUT2D eigenvalue weighted by atomic mass is 19.1. The zero-order chi connectivity index (χ0) is 15.3. The van der Waals surface area contributed by atoms with Gasteiger partial charge in [0.1, 0.15) is 12.4 Å². The van der Waals surface area contributed by atoms with Crippen LogP contribution in [0.1, 0.15) is 23.7 Å². The average Bonchev–Trinajstić information content (AvgIpc) is 2.39. The molecule has 0 radical (unpaired) electrons. The second kappa shape index (κ2) is 6.56. The fraction of sp³-hybridized carbons (Fsp3) is 0.333. The normalized spacial score (nSPS) is 9.90. The molecule has 1 aromatic rings. The molecule has 0 heterocycles. The third kappa shape index (κ3) is 3.26. The summed E-state index contributed by atoms with van der Waals surface area (Å²) < 4.78 is 27.1. The van der Waals surface area contributed by atoms with E-state index in [4.69, 9.17) is 5.26 Å². The van der Waals surface area contributed by atoms with Gasteiger partial charge in [0, 0.05) is 6.54 Å². The van der Waals surface area contributed by atoms with Crippen LogP contribution in [0.5, 0.6) is 0 Å². The van der Waals surface area contributed by atoms with E-state index in [9.17, 15) is 23.7 Å². The number of rotatable bonds is 5. The van der Waals surface area contributed by atoms with Gasteiger partial charge >= 0.3 is 5.69 Å². The van der Waals surface area contributed by atoms with Gasteiger partial charge < -0.3 is 4.90 Å². The van der Waals surface area contributed by atoms with Crippen LogP contribution in [-0.4, -0.2) is 28.8 Å². The maximum Gasteiger partial charge on any atom is 0.307 e. The van der Waals surface area contributed by atoms with Crippen molar-refractivity contribution in [3.8, 4) is 6.07 Å². The minimum absolute atomic E-state index is 0.199. The Labute approximate surface area is 113 Å². The summed E-state index contributed by atoms with van der Waals surface area (Å²) in [7, 11) is 0. The number of nitro benzene ring substituents is 1. The molecular weight excluding hydrogens is 272 g/mol. The molecule has 0 atom stereocenters. The van der Waals surface area contributed by atoms with E-state index in [-0.39, 0.29) is 13.1 Å². The molecule has 0 unspecified atom stereocenters. The Kier molecular flexibility index (Phi) is 5.08. The molecule has 1 aromatic carbocycles. The van der Waals surface area contributed by atoms with Gasteiger partial charge in [-0.05, 0) is 12.5 Å². The van der Waals surface area contributed by atoms with Gasteiger partial charge in [-0.3, -0.25) is 14.9 Å². The van der Waals surface area contributed by atoms with Crippen molar-refractivity contribution in [3.05, 3.63) is 39.4 Å². The molecule has 6 nitrogen and oxygen atoms in total. The highest BCUT2D eigenvalue weighted by Gasteiger charge is 2.24. The van der Waals surface area contributed by atoms with Crippen molar-refractivity contribution in [2.24, 2.45) is 0 Å². The average molecular weight is 283 g/mol. The third-order valence-corrected chi connectivity index (χ3v) is 2.51. The summed E-state index contributed by atoms with van der Waals surface area (Å²) in [4.78, 5) is 22.4. The first kappa shape index (κ1) is 15.5. The summed E-state index contributed by atoms with van der Waals surface area (Å²) in [5.74, 6) is -3.37. The van der Waals surface area contributed by atoms with Crippen LogP contribution in [0.3, 0.4) is 0 Å². The Morgan fingerprint density at radius 3 is 2.60 bits per heavy atom. The molecule has 0 aromatic heterocycles. The lowest BCUT2D eigenvalue weighted by atomic mass is 10.1. The first-order valence-corrected chi connectivity index (χ1v) is 5.72. The van der Waals surface area contributed by atoms with Crippen LogP contribution < -0.4 is 0 Å². The number of hydrogen-bond acceptors (Lipinski definition) is 4. The fourth-order valence-corrected chi connectivity index (χ4v) is 1.62. The lowest BCUT2D eigenvalue weighted by Crippen LogP contribution is -2.32. The molecule has 0 N–H and O–H groups in total. The van der Waals surface area contributed by atoms with Crippen LogP contribution >= 0.6 is 0 Å². The number of nitrogens with zero attached hydrogens (tertiary/aromatic N) is 3. The topological polar surface area (TPSA) is 87.2 Å². The van der Waals surface area contributed by atoms with Crippen LogP contribution in [0.25, 0.3) is 0 Å². The molecule has 0 aliphatic heterocycles. The Balaban J connectivity index is 3.19. The van der Waals surface area contributed by atoms with Gasteiger partial charge in [0.2, 0.25) is 5.82 Å². The molecule has 0 aliphatic carbocycles. The molecule has 8 heteroatoms. The van der Waals surface area contributed by atoms with Crippen LogP contribution in [-0.2, 0) is 0 Å². The minimum atomic E-state index is -1.30. The minimum Gasteiger partial charge on any atom is -0.325 e. The largest absolute Gasteiger partial charge is 0.325 e. The lowest BCUT2D eigenvalue weighted by Gasteiger charge is -2.18. The quantitative estimate of drug-likeness (QED) is 0.471. The maximum absolute atomic E-state index is 13.7.